The predicted octanol–water partition coefficient (Wildman–Crippen LogP) is 3.03. The van der Waals surface area contributed by atoms with Crippen LogP contribution in [0, 0.1) is 12.7 Å². The molecule has 0 radical (unpaired) electrons. The third-order valence-corrected chi connectivity index (χ3v) is 3.42. The van der Waals surface area contributed by atoms with Gasteiger partial charge in [0.05, 0.1) is 5.39 Å². The van der Waals surface area contributed by atoms with Crippen molar-refractivity contribution in [1.82, 2.24) is 25.0 Å². The monoisotopic (exact) mass is 303 g/mol. The zero-order valence-corrected chi connectivity index (χ0v) is 11.5. The second-order valence-corrected chi connectivity index (χ2v) is 4.89. The molecule has 104 valence electrons. The quantitative estimate of drug-likeness (QED) is 0.540. The number of rotatable bonds is 1. The van der Waals surface area contributed by atoms with Gasteiger partial charge in [0.15, 0.2) is 16.5 Å². The molecule has 21 heavy (non-hydrogen) atoms. The van der Waals surface area contributed by atoms with Gasteiger partial charge in [-0.15, -0.1) is 10.2 Å². The van der Waals surface area contributed by atoms with Crippen molar-refractivity contribution >= 4 is 28.0 Å². The number of hydrogen-bond acceptors (Lipinski definition) is 5. The second-order valence-electron chi connectivity index (χ2n) is 4.54. The van der Waals surface area contributed by atoms with E-state index in [0.29, 0.717) is 22.7 Å². The summed E-state index contributed by atoms with van der Waals surface area (Å²) in [6.07, 6.45) is 0. The van der Waals surface area contributed by atoms with Gasteiger partial charge in [0, 0.05) is 11.5 Å². The summed E-state index contributed by atoms with van der Waals surface area (Å²) in [6, 6.07) is 6.28. The maximum Gasteiger partial charge on any atom is 0.207 e. The van der Waals surface area contributed by atoms with Gasteiger partial charge in [-0.3, -0.25) is 0 Å². The van der Waals surface area contributed by atoms with Crippen molar-refractivity contribution in [1.29, 1.82) is 0 Å². The number of benzene rings is 1. The molecule has 1 aromatic carbocycles. The number of aromatic nitrogens is 5. The Hall–Kier alpha value is -2.54. The molecule has 0 spiro atoms. The molecule has 3 heterocycles. The molecule has 6 nitrogen and oxygen atoms in total. The standard InChI is InChI=1S/C13H7ClFN5O/c1-6-5-9(19-21-6)12-16-17-13-10-7(3-2-4-8(10)15)11(14)18-20(12)13/h2-5H,1H3. The van der Waals surface area contributed by atoms with E-state index in [-0.39, 0.29) is 16.2 Å². The molecule has 3 aromatic heterocycles. The first kappa shape index (κ1) is 12.2. The lowest BCUT2D eigenvalue weighted by Gasteiger charge is -2.03. The SMILES string of the molecule is Cc1cc(-c2nnc3c4c(F)cccc4c(Cl)nn23)no1. The van der Waals surface area contributed by atoms with E-state index in [9.17, 15) is 4.39 Å². The molecule has 4 rings (SSSR count). The molecule has 4 aromatic rings. The Morgan fingerprint density at radius 1 is 1.29 bits per heavy atom. The first-order valence-corrected chi connectivity index (χ1v) is 6.46. The molecule has 0 saturated carbocycles. The number of hydrogen-bond donors (Lipinski definition) is 0. The van der Waals surface area contributed by atoms with Gasteiger partial charge < -0.3 is 4.52 Å². The molecule has 0 unspecified atom stereocenters. The zero-order valence-electron chi connectivity index (χ0n) is 10.7. The normalized spacial score (nSPS) is 11.6. The number of nitrogens with zero attached hydrogens (tertiary/aromatic N) is 5. The van der Waals surface area contributed by atoms with Crippen molar-refractivity contribution in [3.8, 4) is 11.5 Å². The number of fused-ring (bicyclic) bond motifs is 3. The van der Waals surface area contributed by atoms with E-state index < -0.39 is 5.82 Å². The maximum atomic E-state index is 14.1. The molecule has 8 heteroatoms. The highest BCUT2D eigenvalue weighted by molar-refractivity contribution is 6.34. The molecule has 0 saturated heterocycles. The van der Waals surface area contributed by atoms with E-state index in [1.54, 1.807) is 25.1 Å². The number of aryl methyl sites for hydroxylation is 1. The molecule has 0 bridgehead atoms. The third-order valence-electron chi connectivity index (χ3n) is 3.15. The molecule has 0 aliphatic carbocycles. The molecular weight excluding hydrogens is 297 g/mol. The molecular formula is C13H7ClFN5O. The molecule has 0 N–H and O–H groups in total. The molecule has 0 aliphatic rings. The van der Waals surface area contributed by atoms with Crippen molar-refractivity contribution in [3.05, 3.63) is 41.0 Å². The van der Waals surface area contributed by atoms with Gasteiger partial charge in [0.1, 0.15) is 11.6 Å². The largest absolute Gasteiger partial charge is 0.361 e. The van der Waals surface area contributed by atoms with Crippen molar-refractivity contribution in [2.24, 2.45) is 0 Å². The van der Waals surface area contributed by atoms with Crippen LogP contribution in [0.15, 0.2) is 28.8 Å². The van der Waals surface area contributed by atoms with Crippen molar-refractivity contribution in [2.75, 3.05) is 0 Å². The van der Waals surface area contributed by atoms with Gasteiger partial charge in [-0.2, -0.15) is 9.61 Å². The van der Waals surface area contributed by atoms with Gasteiger partial charge in [0.25, 0.3) is 0 Å². The molecule has 0 amide bonds. The lowest BCUT2D eigenvalue weighted by atomic mass is 10.2. The van der Waals surface area contributed by atoms with E-state index >= 15 is 0 Å². The summed E-state index contributed by atoms with van der Waals surface area (Å²) in [6.45, 7) is 1.76. The lowest BCUT2D eigenvalue weighted by Crippen LogP contribution is -1.98. The van der Waals surface area contributed by atoms with Crippen molar-refractivity contribution < 1.29 is 8.91 Å². The zero-order chi connectivity index (χ0) is 14.6. The highest BCUT2D eigenvalue weighted by Crippen LogP contribution is 2.28. The average Bonchev–Trinajstić information content (AvgIpc) is 3.05. The smallest absolute Gasteiger partial charge is 0.207 e. The van der Waals surface area contributed by atoms with Gasteiger partial charge >= 0.3 is 0 Å². The van der Waals surface area contributed by atoms with Gasteiger partial charge in [-0.1, -0.05) is 28.9 Å². The van der Waals surface area contributed by atoms with E-state index in [4.69, 9.17) is 16.1 Å². The fourth-order valence-corrected chi connectivity index (χ4v) is 2.46. The lowest BCUT2D eigenvalue weighted by molar-refractivity contribution is 0.399. The van der Waals surface area contributed by atoms with Crippen LogP contribution in [-0.4, -0.2) is 25.0 Å². The Morgan fingerprint density at radius 2 is 2.14 bits per heavy atom. The average molecular weight is 304 g/mol. The minimum Gasteiger partial charge on any atom is -0.361 e. The van der Waals surface area contributed by atoms with Crippen LogP contribution in [-0.2, 0) is 0 Å². The highest BCUT2D eigenvalue weighted by Gasteiger charge is 2.18. The molecule has 0 fully saturated rings. The Morgan fingerprint density at radius 3 is 2.90 bits per heavy atom. The highest BCUT2D eigenvalue weighted by atomic mass is 35.5. The fraction of sp³-hybridized carbons (Fsp3) is 0.0769. The maximum absolute atomic E-state index is 14.1. The second kappa shape index (κ2) is 4.23. The van der Waals surface area contributed by atoms with Crippen LogP contribution in [0.3, 0.4) is 0 Å². The topological polar surface area (TPSA) is 69.1 Å². The first-order valence-electron chi connectivity index (χ1n) is 6.08. The van der Waals surface area contributed by atoms with E-state index in [2.05, 4.69) is 20.5 Å². The van der Waals surface area contributed by atoms with E-state index in [1.165, 1.54) is 10.6 Å². The summed E-state index contributed by atoms with van der Waals surface area (Å²) in [4.78, 5) is 0. The summed E-state index contributed by atoms with van der Waals surface area (Å²) in [7, 11) is 0. The Kier molecular flexibility index (Phi) is 2.46. The third kappa shape index (κ3) is 1.71. The van der Waals surface area contributed by atoms with Crippen LogP contribution >= 0.6 is 11.6 Å². The Balaban J connectivity index is 2.14. The van der Waals surface area contributed by atoms with Crippen LogP contribution in [0.25, 0.3) is 27.9 Å². The molecule has 0 atom stereocenters. The van der Waals surface area contributed by atoms with Crippen LogP contribution in [0.4, 0.5) is 4.39 Å². The Bertz CT molecular complexity index is 993. The summed E-state index contributed by atoms with van der Waals surface area (Å²) in [5.74, 6) is 0.533. The summed E-state index contributed by atoms with van der Waals surface area (Å²) in [5.41, 5.74) is 0.738. The van der Waals surface area contributed by atoms with Crippen molar-refractivity contribution in [3.63, 3.8) is 0 Å². The van der Waals surface area contributed by atoms with Crippen LogP contribution in [0.2, 0.25) is 5.15 Å². The van der Waals surface area contributed by atoms with Gasteiger partial charge in [-0.05, 0) is 13.0 Å². The number of halogens is 2. The minimum absolute atomic E-state index is 0.165. The molecule has 0 aliphatic heterocycles. The summed E-state index contributed by atoms with van der Waals surface area (Å²) >= 11 is 6.13. The summed E-state index contributed by atoms with van der Waals surface area (Å²) < 4.78 is 20.5. The predicted molar refractivity (Wildman–Crippen MR) is 73.5 cm³/mol. The van der Waals surface area contributed by atoms with Crippen LogP contribution < -0.4 is 0 Å². The minimum atomic E-state index is -0.433. The first-order chi connectivity index (χ1) is 10.1. The fourth-order valence-electron chi connectivity index (χ4n) is 2.23. The van der Waals surface area contributed by atoms with Gasteiger partial charge in [0.2, 0.25) is 5.82 Å². The van der Waals surface area contributed by atoms with Gasteiger partial charge in [-0.25, -0.2) is 4.39 Å². The Labute approximate surface area is 122 Å². The van der Waals surface area contributed by atoms with Crippen molar-refractivity contribution in [2.45, 2.75) is 6.92 Å². The van der Waals surface area contributed by atoms with E-state index in [1.807, 2.05) is 0 Å². The van der Waals surface area contributed by atoms with E-state index in [0.717, 1.165) is 0 Å². The summed E-state index contributed by atoms with van der Waals surface area (Å²) in [5, 5.41) is 17.0. The van der Waals surface area contributed by atoms with Crippen LogP contribution in [0.1, 0.15) is 5.76 Å². The van der Waals surface area contributed by atoms with Crippen LogP contribution in [0.5, 0.6) is 0 Å².